The highest BCUT2D eigenvalue weighted by atomic mass is 32.2. The SMILES string of the molecule is CON(c1cccc(C)c1)S(=O)(=O)O. The van der Waals surface area contributed by atoms with Crippen molar-refractivity contribution >= 4 is 16.0 Å². The van der Waals surface area contributed by atoms with E-state index in [1.807, 2.05) is 0 Å². The molecule has 0 heterocycles. The minimum atomic E-state index is -4.37. The predicted octanol–water partition coefficient (Wildman–Crippen LogP) is 1.17. The van der Waals surface area contributed by atoms with Crippen LogP contribution in [0, 0.1) is 6.92 Å². The summed E-state index contributed by atoms with van der Waals surface area (Å²) in [6.07, 6.45) is 0. The van der Waals surface area contributed by atoms with Crippen LogP contribution in [0.4, 0.5) is 5.69 Å². The van der Waals surface area contributed by atoms with Gasteiger partial charge in [0.05, 0.1) is 12.8 Å². The van der Waals surface area contributed by atoms with E-state index in [2.05, 4.69) is 4.84 Å². The summed E-state index contributed by atoms with van der Waals surface area (Å²) in [4.78, 5) is 4.55. The lowest BCUT2D eigenvalue weighted by Gasteiger charge is -2.17. The summed E-state index contributed by atoms with van der Waals surface area (Å²) in [6, 6.07) is 6.57. The van der Waals surface area contributed by atoms with E-state index in [0.717, 1.165) is 12.7 Å². The fourth-order valence-electron chi connectivity index (χ4n) is 1.07. The van der Waals surface area contributed by atoms with Gasteiger partial charge in [0.2, 0.25) is 0 Å². The molecule has 5 nitrogen and oxygen atoms in total. The maximum atomic E-state index is 10.8. The molecule has 0 aliphatic rings. The Hall–Kier alpha value is -1.11. The van der Waals surface area contributed by atoms with Crippen molar-refractivity contribution in [1.29, 1.82) is 0 Å². The van der Waals surface area contributed by atoms with Crippen molar-refractivity contribution in [1.82, 2.24) is 0 Å². The van der Waals surface area contributed by atoms with Gasteiger partial charge in [-0.1, -0.05) is 12.1 Å². The summed E-state index contributed by atoms with van der Waals surface area (Å²) in [6.45, 7) is 1.81. The van der Waals surface area contributed by atoms with E-state index in [9.17, 15) is 8.42 Å². The van der Waals surface area contributed by atoms with Crippen LogP contribution in [0.2, 0.25) is 0 Å². The summed E-state index contributed by atoms with van der Waals surface area (Å²) in [5.41, 5.74) is 1.13. The lowest BCUT2D eigenvalue weighted by molar-refractivity contribution is 0.206. The standard InChI is InChI=1S/C8H11NO4S/c1-7-4-3-5-8(6-7)9(13-2)14(10,11)12/h3-6H,1-2H3,(H,10,11,12). The van der Waals surface area contributed by atoms with E-state index in [1.54, 1.807) is 25.1 Å². The van der Waals surface area contributed by atoms with Crippen LogP contribution in [0.15, 0.2) is 24.3 Å². The zero-order valence-corrected chi connectivity index (χ0v) is 8.65. The van der Waals surface area contributed by atoms with Gasteiger partial charge in [0.1, 0.15) is 0 Å². The molecule has 1 rings (SSSR count). The van der Waals surface area contributed by atoms with Gasteiger partial charge in [-0.3, -0.25) is 9.39 Å². The van der Waals surface area contributed by atoms with Crippen molar-refractivity contribution < 1.29 is 17.8 Å². The van der Waals surface area contributed by atoms with Crippen molar-refractivity contribution in [2.24, 2.45) is 0 Å². The molecule has 0 unspecified atom stereocenters. The topological polar surface area (TPSA) is 66.8 Å². The second-order valence-corrected chi connectivity index (χ2v) is 3.95. The molecule has 78 valence electrons. The summed E-state index contributed by atoms with van der Waals surface area (Å²) in [5, 5.41) is 0. The van der Waals surface area contributed by atoms with E-state index in [1.165, 1.54) is 6.07 Å². The van der Waals surface area contributed by atoms with Crippen LogP contribution in [-0.4, -0.2) is 20.1 Å². The number of hydrogen-bond acceptors (Lipinski definition) is 3. The molecule has 0 fully saturated rings. The maximum Gasteiger partial charge on any atom is 0.382 e. The maximum absolute atomic E-state index is 10.8. The first-order valence-electron chi connectivity index (χ1n) is 3.83. The summed E-state index contributed by atoms with van der Waals surface area (Å²) in [7, 11) is -3.21. The molecular formula is C8H11NO4S. The van der Waals surface area contributed by atoms with Gasteiger partial charge in [-0.25, -0.2) is 0 Å². The van der Waals surface area contributed by atoms with Gasteiger partial charge in [-0.05, 0) is 24.6 Å². The Labute approximate surface area is 82.8 Å². The van der Waals surface area contributed by atoms with E-state index >= 15 is 0 Å². The Morgan fingerprint density at radius 1 is 1.43 bits per heavy atom. The van der Waals surface area contributed by atoms with Gasteiger partial charge in [0.15, 0.2) is 0 Å². The zero-order chi connectivity index (χ0) is 10.8. The highest BCUT2D eigenvalue weighted by Crippen LogP contribution is 2.18. The molecule has 0 saturated heterocycles. The number of rotatable bonds is 3. The van der Waals surface area contributed by atoms with E-state index < -0.39 is 10.3 Å². The molecule has 0 aromatic heterocycles. The Morgan fingerprint density at radius 2 is 2.07 bits per heavy atom. The Balaban J connectivity index is 3.14. The average Bonchev–Trinajstić information content (AvgIpc) is 2.02. The lowest BCUT2D eigenvalue weighted by Crippen LogP contribution is -2.28. The van der Waals surface area contributed by atoms with Crippen LogP contribution in [-0.2, 0) is 15.1 Å². The molecule has 0 radical (unpaired) electrons. The Kier molecular flexibility index (Phi) is 3.10. The molecular weight excluding hydrogens is 206 g/mol. The molecule has 0 spiro atoms. The van der Waals surface area contributed by atoms with Crippen molar-refractivity contribution in [2.75, 3.05) is 11.6 Å². The van der Waals surface area contributed by atoms with Gasteiger partial charge in [-0.15, -0.1) is 4.47 Å². The smallest absolute Gasteiger partial charge is 0.267 e. The van der Waals surface area contributed by atoms with Gasteiger partial charge >= 0.3 is 10.3 Å². The van der Waals surface area contributed by atoms with Crippen molar-refractivity contribution in [3.8, 4) is 0 Å². The number of anilines is 1. The van der Waals surface area contributed by atoms with Crippen molar-refractivity contribution in [3.63, 3.8) is 0 Å². The van der Waals surface area contributed by atoms with E-state index in [0.29, 0.717) is 4.47 Å². The van der Waals surface area contributed by atoms with Crippen LogP contribution in [0.3, 0.4) is 0 Å². The lowest BCUT2D eigenvalue weighted by atomic mass is 10.2. The fourth-order valence-corrected chi connectivity index (χ4v) is 1.64. The van der Waals surface area contributed by atoms with Crippen LogP contribution in [0.25, 0.3) is 0 Å². The largest absolute Gasteiger partial charge is 0.382 e. The predicted molar refractivity (Wildman–Crippen MR) is 52.2 cm³/mol. The second-order valence-electron chi connectivity index (χ2n) is 2.73. The van der Waals surface area contributed by atoms with Gasteiger partial charge < -0.3 is 0 Å². The van der Waals surface area contributed by atoms with Crippen LogP contribution in [0.1, 0.15) is 5.56 Å². The first kappa shape index (κ1) is 11.0. The fraction of sp³-hybridized carbons (Fsp3) is 0.250. The summed E-state index contributed by atoms with van der Waals surface area (Å²) >= 11 is 0. The first-order chi connectivity index (χ1) is 6.45. The summed E-state index contributed by atoms with van der Waals surface area (Å²) < 4.78 is 30.9. The van der Waals surface area contributed by atoms with Gasteiger partial charge in [0.25, 0.3) is 0 Å². The minimum Gasteiger partial charge on any atom is -0.267 e. The molecule has 6 heteroatoms. The molecule has 1 N–H and O–H groups in total. The highest BCUT2D eigenvalue weighted by Gasteiger charge is 2.19. The minimum absolute atomic E-state index is 0.259. The molecule has 1 aromatic rings. The third kappa shape index (κ3) is 2.44. The third-order valence-corrected chi connectivity index (χ3v) is 2.37. The monoisotopic (exact) mass is 217 g/mol. The van der Waals surface area contributed by atoms with Crippen molar-refractivity contribution in [2.45, 2.75) is 6.92 Å². The van der Waals surface area contributed by atoms with Crippen LogP contribution in [0.5, 0.6) is 0 Å². The van der Waals surface area contributed by atoms with Crippen molar-refractivity contribution in [3.05, 3.63) is 29.8 Å². The molecule has 0 saturated carbocycles. The number of hydrogen-bond donors (Lipinski definition) is 1. The Morgan fingerprint density at radius 3 is 2.50 bits per heavy atom. The zero-order valence-electron chi connectivity index (χ0n) is 7.84. The Bertz CT molecular complexity index is 415. The summed E-state index contributed by atoms with van der Waals surface area (Å²) in [5.74, 6) is 0. The highest BCUT2D eigenvalue weighted by molar-refractivity contribution is 7.87. The van der Waals surface area contributed by atoms with E-state index in [-0.39, 0.29) is 5.69 Å². The number of nitrogens with zero attached hydrogens (tertiary/aromatic N) is 1. The first-order valence-corrected chi connectivity index (χ1v) is 5.23. The molecule has 0 aliphatic heterocycles. The quantitative estimate of drug-likeness (QED) is 0.609. The normalized spacial score (nSPS) is 11.4. The molecule has 0 bridgehead atoms. The molecule has 0 amide bonds. The average molecular weight is 217 g/mol. The van der Waals surface area contributed by atoms with Crippen LogP contribution >= 0.6 is 0 Å². The molecule has 0 aliphatic carbocycles. The van der Waals surface area contributed by atoms with Gasteiger partial charge in [-0.2, -0.15) is 8.42 Å². The van der Waals surface area contributed by atoms with Crippen LogP contribution < -0.4 is 4.47 Å². The molecule has 1 aromatic carbocycles. The third-order valence-electron chi connectivity index (χ3n) is 1.59. The van der Waals surface area contributed by atoms with Gasteiger partial charge in [0, 0.05) is 0 Å². The van der Waals surface area contributed by atoms with E-state index in [4.69, 9.17) is 4.55 Å². The number of aryl methyl sites for hydroxylation is 1. The second kappa shape index (κ2) is 3.95. The molecule has 0 atom stereocenters. The number of benzene rings is 1. The molecule has 14 heavy (non-hydrogen) atoms.